The molecule has 0 radical (unpaired) electrons. The van der Waals surface area contributed by atoms with E-state index in [1.54, 1.807) is 18.2 Å². The van der Waals surface area contributed by atoms with Crippen molar-refractivity contribution in [3.8, 4) is 11.5 Å². The molecular formula is C19H24O7. The number of carbonyl (C=O) groups excluding carboxylic acids is 1. The number of esters is 1. The van der Waals surface area contributed by atoms with Crippen LogP contribution in [0.3, 0.4) is 0 Å². The van der Waals surface area contributed by atoms with Crippen LogP contribution in [0.2, 0.25) is 0 Å². The maximum Gasteiger partial charge on any atom is 0.332 e. The van der Waals surface area contributed by atoms with Gasteiger partial charge >= 0.3 is 11.9 Å². The van der Waals surface area contributed by atoms with Crippen LogP contribution in [-0.4, -0.2) is 44.2 Å². The molecule has 142 valence electrons. The second kappa shape index (κ2) is 9.82. The van der Waals surface area contributed by atoms with Gasteiger partial charge in [-0.2, -0.15) is 0 Å². The highest BCUT2D eigenvalue weighted by Crippen LogP contribution is 2.33. The van der Waals surface area contributed by atoms with Gasteiger partial charge in [0.1, 0.15) is 0 Å². The van der Waals surface area contributed by atoms with Gasteiger partial charge in [0.05, 0.1) is 19.6 Å². The van der Waals surface area contributed by atoms with Crippen LogP contribution in [0, 0.1) is 0 Å². The Balaban J connectivity index is 2.15. The Morgan fingerprint density at radius 3 is 2.54 bits per heavy atom. The van der Waals surface area contributed by atoms with E-state index in [0.717, 1.165) is 25.7 Å². The molecule has 7 heteroatoms. The summed E-state index contributed by atoms with van der Waals surface area (Å²) in [4.78, 5) is 23.0. The number of hydrogen-bond donors (Lipinski definition) is 1. The van der Waals surface area contributed by atoms with Crippen molar-refractivity contribution in [2.75, 3.05) is 21.0 Å². The number of ether oxygens (including phenoxy) is 4. The summed E-state index contributed by atoms with van der Waals surface area (Å²) >= 11 is 0. The van der Waals surface area contributed by atoms with Gasteiger partial charge in [-0.05, 0) is 49.5 Å². The van der Waals surface area contributed by atoms with Crippen molar-refractivity contribution in [2.45, 2.75) is 38.2 Å². The predicted molar refractivity (Wildman–Crippen MR) is 94.1 cm³/mol. The number of carboxylic acid groups (broad SMARTS) is 1. The zero-order valence-electron chi connectivity index (χ0n) is 15.0. The number of carbonyl (C=O) groups is 2. The molecule has 1 aromatic rings. The number of methoxy groups -OCH3 is 2. The number of aliphatic carboxylic acids is 1. The fourth-order valence-electron chi connectivity index (χ4n) is 2.78. The Morgan fingerprint density at radius 2 is 1.92 bits per heavy atom. The van der Waals surface area contributed by atoms with Crippen LogP contribution in [0.4, 0.5) is 0 Å². The Kier molecular flexibility index (Phi) is 7.47. The molecule has 0 bridgehead atoms. The molecule has 0 aliphatic heterocycles. The normalized spacial score (nSPS) is 14.9. The molecule has 0 spiro atoms. The van der Waals surface area contributed by atoms with Crippen molar-refractivity contribution >= 4 is 18.0 Å². The molecule has 1 saturated carbocycles. The van der Waals surface area contributed by atoms with Crippen LogP contribution < -0.4 is 9.47 Å². The van der Waals surface area contributed by atoms with Gasteiger partial charge in [0.15, 0.2) is 18.3 Å². The van der Waals surface area contributed by atoms with Crippen molar-refractivity contribution in [1.82, 2.24) is 0 Å². The molecule has 0 amide bonds. The molecule has 26 heavy (non-hydrogen) atoms. The maximum atomic E-state index is 11.6. The second-order valence-electron chi connectivity index (χ2n) is 6.01. The largest absolute Gasteiger partial charge is 0.493 e. The molecule has 7 nitrogen and oxygen atoms in total. The molecule has 1 aliphatic rings. The van der Waals surface area contributed by atoms with E-state index in [4.69, 9.17) is 14.2 Å². The summed E-state index contributed by atoms with van der Waals surface area (Å²) < 4.78 is 20.7. The van der Waals surface area contributed by atoms with E-state index in [1.807, 2.05) is 0 Å². The highest BCUT2D eigenvalue weighted by molar-refractivity contribution is 5.97. The van der Waals surface area contributed by atoms with E-state index in [9.17, 15) is 14.7 Å². The van der Waals surface area contributed by atoms with Crippen LogP contribution in [0.25, 0.3) is 6.08 Å². The molecule has 1 aliphatic carbocycles. The molecule has 0 unspecified atom stereocenters. The van der Waals surface area contributed by atoms with Crippen LogP contribution in [0.1, 0.15) is 37.7 Å². The van der Waals surface area contributed by atoms with Crippen molar-refractivity contribution in [3.63, 3.8) is 0 Å². The van der Waals surface area contributed by atoms with Crippen LogP contribution in [0.5, 0.6) is 11.5 Å². The van der Waals surface area contributed by atoms with E-state index in [0.29, 0.717) is 17.1 Å². The lowest BCUT2D eigenvalue weighted by atomic mass is 10.1. The van der Waals surface area contributed by atoms with E-state index in [-0.39, 0.29) is 24.9 Å². The molecule has 0 aromatic heterocycles. The summed E-state index contributed by atoms with van der Waals surface area (Å²) in [5, 5.41) is 9.32. The first-order valence-corrected chi connectivity index (χ1v) is 8.46. The molecule has 1 aromatic carbocycles. The lowest BCUT2D eigenvalue weighted by Crippen LogP contribution is -2.12. The van der Waals surface area contributed by atoms with Crippen LogP contribution in [-0.2, 0) is 19.1 Å². The Morgan fingerprint density at radius 1 is 1.19 bits per heavy atom. The zero-order valence-corrected chi connectivity index (χ0v) is 15.0. The fraction of sp³-hybridized carbons (Fsp3) is 0.474. The second-order valence-corrected chi connectivity index (χ2v) is 6.01. The first kappa shape index (κ1) is 19.8. The predicted octanol–water partition coefficient (Wildman–Crippen LogP) is 3.02. The number of rotatable bonds is 9. The monoisotopic (exact) mass is 364 g/mol. The third-order valence-electron chi connectivity index (χ3n) is 4.07. The van der Waals surface area contributed by atoms with Gasteiger partial charge in [-0.15, -0.1) is 0 Å². The molecule has 1 fully saturated rings. The summed E-state index contributed by atoms with van der Waals surface area (Å²) in [5.74, 6) is -0.705. The van der Waals surface area contributed by atoms with Crippen LogP contribution >= 0.6 is 0 Å². The smallest absolute Gasteiger partial charge is 0.332 e. The molecular weight excluding hydrogens is 340 g/mol. The summed E-state index contributed by atoms with van der Waals surface area (Å²) in [6.45, 7) is -0.216. The van der Waals surface area contributed by atoms with E-state index >= 15 is 0 Å². The average molecular weight is 364 g/mol. The van der Waals surface area contributed by atoms with Gasteiger partial charge in [-0.3, -0.25) is 4.79 Å². The number of benzene rings is 1. The van der Waals surface area contributed by atoms with Crippen molar-refractivity contribution in [1.29, 1.82) is 0 Å². The Hall–Kier alpha value is -2.54. The standard InChI is InChI=1S/C19H24O7/c1-23-12-25-18(20)11-14(19(21)22)9-13-7-8-16(17(10-13)24-2)26-15-5-3-4-6-15/h7-10,15H,3-6,11-12H2,1-2H3,(H,21,22). The minimum atomic E-state index is -1.19. The number of hydrogen-bond acceptors (Lipinski definition) is 6. The highest BCUT2D eigenvalue weighted by Gasteiger charge is 2.19. The molecule has 0 atom stereocenters. The van der Waals surface area contributed by atoms with Crippen molar-refractivity contribution in [3.05, 3.63) is 29.3 Å². The van der Waals surface area contributed by atoms with E-state index in [1.165, 1.54) is 20.3 Å². The topological polar surface area (TPSA) is 91.3 Å². The van der Waals surface area contributed by atoms with Gasteiger partial charge in [0, 0.05) is 12.7 Å². The first-order valence-electron chi connectivity index (χ1n) is 8.46. The summed E-state index contributed by atoms with van der Waals surface area (Å²) in [5.41, 5.74) is 0.509. The lowest BCUT2D eigenvalue weighted by Gasteiger charge is -2.16. The molecule has 0 saturated heterocycles. The summed E-state index contributed by atoms with van der Waals surface area (Å²) in [6, 6.07) is 5.18. The van der Waals surface area contributed by atoms with Gasteiger partial charge in [-0.25, -0.2) is 4.79 Å². The summed E-state index contributed by atoms with van der Waals surface area (Å²) in [7, 11) is 2.91. The van der Waals surface area contributed by atoms with Crippen LogP contribution in [0.15, 0.2) is 23.8 Å². The van der Waals surface area contributed by atoms with E-state index in [2.05, 4.69) is 4.74 Å². The minimum Gasteiger partial charge on any atom is -0.493 e. The Bertz CT molecular complexity index is 660. The van der Waals surface area contributed by atoms with Crippen molar-refractivity contribution < 1.29 is 33.6 Å². The van der Waals surface area contributed by atoms with E-state index < -0.39 is 11.9 Å². The third kappa shape index (κ3) is 5.77. The van der Waals surface area contributed by atoms with Gasteiger partial charge in [-0.1, -0.05) is 6.07 Å². The van der Waals surface area contributed by atoms with Gasteiger partial charge in [0.25, 0.3) is 0 Å². The zero-order chi connectivity index (χ0) is 18.9. The first-order chi connectivity index (χ1) is 12.5. The average Bonchev–Trinajstić information content (AvgIpc) is 3.13. The third-order valence-corrected chi connectivity index (χ3v) is 4.07. The van der Waals surface area contributed by atoms with Crippen molar-refractivity contribution in [2.24, 2.45) is 0 Å². The number of carboxylic acids is 1. The minimum absolute atomic E-state index is 0.0855. The molecule has 0 heterocycles. The summed E-state index contributed by atoms with van der Waals surface area (Å²) in [6.07, 6.45) is 5.62. The maximum absolute atomic E-state index is 11.6. The van der Waals surface area contributed by atoms with Gasteiger partial charge in [0.2, 0.25) is 0 Å². The quantitative estimate of drug-likeness (QED) is 0.409. The fourth-order valence-corrected chi connectivity index (χ4v) is 2.78. The SMILES string of the molecule is COCOC(=O)CC(=Cc1ccc(OC2CCCC2)c(OC)c1)C(=O)O. The molecule has 2 rings (SSSR count). The Labute approximate surface area is 152 Å². The molecule has 1 N–H and O–H groups in total. The lowest BCUT2D eigenvalue weighted by molar-refractivity contribution is -0.154. The highest BCUT2D eigenvalue weighted by atomic mass is 16.7. The van der Waals surface area contributed by atoms with Gasteiger partial charge < -0.3 is 24.1 Å².